The number of primary amides is 1. The summed E-state index contributed by atoms with van der Waals surface area (Å²) in [5.74, 6) is -0.240. The van der Waals surface area contributed by atoms with Gasteiger partial charge in [0.25, 0.3) is 0 Å². The summed E-state index contributed by atoms with van der Waals surface area (Å²) in [6.07, 6.45) is 1.83. The Morgan fingerprint density at radius 3 is 2.33 bits per heavy atom. The van der Waals surface area contributed by atoms with E-state index in [2.05, 4.69) is 31.0 Å². The van der Waals surface area contributed by atoms with E-state index < -0.39 is 0 Å². The summed E-state index contributed by atoms with van der Waals surface area (Å²) in [6.45, 7) is 10.2. The lowest BCUT2D eigenvalue weighted by atomic mass is 10.2. The Morgan fingerprint density at radius 1 is 1.33 bits per heavy atom. The van der Waals surface area contributed by atoms with Crippen LogP contribution in [0, 0.1) is 0 Å². The Morgan fingerprint density at radius 2 is 1.93 bits per heavy atom. The average Bonchev–Trinajstić information content (AvgIpc) is 2.23. The second-order valence-corrected chi connectivity index (χ2v) is 3.72. The molecular formula is C11H25N3O. The summed E-state index contributed by atoms with van der Waals surface area (Å²) in [5.41, 5.74) is 5.33. The highest BCUT2D eigenvalue weighted by Crippen LogP contribution is 1.96. The van der Waals surface area contributed by atoms with Crippen LogP contribution in [-0.2, 0) is 4.79 Å². The number of amides is 1. The van der Waals surface area contributed by atoms with E-state index >= 15 is 0 Å². The van der Waals surface area contributed by atoms with Crippen molar-refractivity contribution in [2.24, 2.45) is 5.73 Å². The van der Waals surface area contributed by atoms with Gasteiger partial charge in [0, 0.05) is 6.54 Å². The van der Waals surface area contributed by atoms with E-state index in [0.717, 1.165) is 39.0 Å². The van der Waals surface area contributed by atoms with Gasteiger partial charge >= 0.3 is 0 Å². The van der Waals surface area contributed by atoms with Gasteiger partial charge < -0.3 is 16.0 Å². The maximum Gasteiger partial charge on any atom is 0.234 e. The van der Waals surface area contributed by atoms with E-state index in [0.29, 0.717) is 0 Å². The lowest BCUT2D eigenvalue weighted by Crippen LogP contribution is -2.43. The highest BCUT2D eigenvalue weighted by molar-refractivity contribution is 5.79. The number of hydrogen-bond acceptors (Lipinski definition) is 3. The number of nitrogens with one attached hydrogen (secondary N) is 1. The molecule has 0 aromatic rings. The molecule has 3 N–H and O–H groups in total. The maximum atomic E-state index is 11.1. The predicted octanol–water partition coefficient (Wildman–Crippen LogP) is 0.572. The van der Waals surface area contributed by atoms with Crippen LogP contribution in [0.25, 0.3) is 0 Å². The van der Waals surface area contributed by atoms with E-state index in [1.807, 2.05) is 0 Å². The van der Waals surface area contributed by atoms with Crippen LogP contribution in [0.5, 0.6) is 0 Å². The van der Waals surface area contributed by atoms with Crippen molar-refractivity contribution < 1.29 is 4.79 Å². The molecule has 0 aromatic heterocycles. The zero-order valence-corrected chi connectivity index (χ0v) is 10.3. The van der Waals surface area contributed by atoms with Gasteiger partial charge in [-0.3, -0.25) is 4.79 Å². The van der Waals surface area contributed by atoms with Gasteiger partial charge in [-0.1, -0.05) is 20.8 Å². The molecule has 0 aromatic carbocycles. The Kier molecular flexibility index (Phi) is 8.33. The van der Waals surface area contributed by atoms with Gasteiger partial charge in [0.1, 0.15) is 0 Å². The molecule has 1 amide bonds. The molecule has 15 heavy (non-hydrogen) atoms. The van der Waals surface area contributed by atoms with E-state index in [-0.39, 0.29) is 11.9 Å². The first-order valence-corrected chi connectivity index (χ1v) is 5.90. The van der Waals surface area contributed by atoms with Crippen LogP contribution >= 0.6 is 0 Å². The van der Waals surface area contributed by atoms with E-state index in [4.69, 9.17) is 5.73 Å². The first-order chi connectivity index (χ1) is 7.15. The average molecular weight is 215 g/mol. The molecule has 0 saturated heterocycles. The van der Waals surface area contributed by atoms with Crippen molar-refractivity contribution in [2.45, 2.75) is 39.7 Å². The molecule has 0 rings (SSSR count). The Labute approximate surface area is 93.2 Å². The van der Waals surface area contributed by atoms with Crippen molar-refractivity contribution in [3.05, 3.63) is 0 Å². The Balaban J connectivity index is 3.89. The largest absolute Gasteiger partial charge is 0.368 e. The summed E-state index contributed by atoms with van der Waals surface area (Å²) < 4.78 is 0. The van der Waals surface area contributed by atoms with Crippen molar-refractivity contribution in [3.63, 3.8) is 0 Å². The van der Waals surface area contributed by atoms with Gasteiger partial charge in [-0.25, -0.2) is 0 Å². The zero-order chi connectivity index (χ0) is 11.7. The molecule has 0 heterocycles. The molecule has 1 atom stereocenters. The van der Waals surface area contributed by atoms with Crippen molar-refractivity contribution >= 4 is 5.91 Å². The molecule has 0 aliphatic heterocycles. The number of rotatable bonds is 9. The fourth-order valence-corrected chi connectivity index (χ4v) is 1.51. The number of carbonyl (C=O) groups excluding carboxylic acids is 1. The zero-order valence-electron chi connectivity index (χ0n) is 10.3. The van der Waals surface area contributed by atoms with Gasteiger partial charge in [0.2, 0.25) is 5.91 Å². The molecule has 4 heteroatoms. The summed E-state index contributed by atoms with van der Waals surface area (Å²) in [7, 11) is 0. The summed E-state index contributed by atoms with van der Waals surface area (Å²) in [4.78, 5) is 13.4. The quantitative estimate of drug-likeness (QED) is 0.591. The molecule has 0 fully saturated rings. The van der Waals surface area contributed by atoms with Crippen LogP contribution in [0.3, 0.4) is 0 Å². The fourth-order valence-electron chi connectivity index (χ4n) is 1.51. The first kappa shape index (κ1) is 14.4. The van der Waals surface area contributed by atoms with Gasteiger partial charge in [0.15, 0.2) is 0 Å². The molecule has 0 aliphatic carbocycles. The third kappa shape index (κ3) is 6.47. The lowest BCUT2D eigenvalue weighted by molar-refractivity contribution is -0.120. The number of carbonyl (C=O) groups is 1. The van der Waals surface area contributed by atoms with Crippen LogP contribution in [0.1, 0.15) is 33.6 Å². The standard InChI is InChI=1S/C11H25N3O/c1-4-8-13-10(11(12)15)7-9-14(5-2)6-3/h10,13H,4-9H2,1-3H3,(H2,12,15). The van der Waals surface area contributed by atoms with Crippen molar-refractivity contribution in [1.82, 2.24) is 10.2 Å². The molecule has 0 saturated carbocycles. The molecular weight excluding hydrogens is 190 g/mol. The number of nitrogens with zero attached hydrogens (tertiary/aromatic N) is 1. The first-order valence-electron chi connectivity index (χ1n) is 5.90. The Bertz CT molecular complexity index is 169. The highest BCUT2D eigenvalue weighted by Gasteiger charge is 2.14. The van der Waals surface area contributed by atoms with Crippen LogP contribution in [0.15, 0.2) is 0 Å². The van der Waals surface area contributed by atoms with Gasteiger partial charge in [0.05, 0.1) is 6.04 Å². The summed E-state index contributed by atoms with van der Waals surface area (Å²) >= 11 is 0. The van der Waals surface area contributed by atoms with Crippen LogP contribution in [0.2, 0.25) is 0 Å². The molecule has 0 bridgehead atoms. The second kappa shape index (κ2) is 8.68. The fraction of sp³-hybridized carbons (Fsp3) is 0.909. The van der Waals surface area contributed by atoms with Gasteiger partial charge in [-0.2, -0.15) is 0 Å². The normalized spacial score (nSPS) is 13.1. The molecule has 4 nitrogen and oxygen atoms in total. The predicted molar refractivity (Wildman–Crippen MR) is 63.7 cm³/mol. The van der Waals surface area contributed by atoms with Crippen molar-refractivity contribution in [1.29, 1.82) is 0 Å². The number of hydrogen-bond donors (Lipinski definition) is 2. The summed E-state index contributed by atoms with van der Waals surface area (Å²) in [5, 5.41) is 3.17. The Hall–Kier alpha value is -0.610. The highest BCUT2D eigenvalue weighted by atomic mass is 16.1. The SMILES string of the molecule is CCCNC(CCN(CC)CC)C(N)=O. The minimum atomic E-state index is -0.240. The minimum absolute atomic E-state index is 0.175. The van der Waals surface area contributed by atoms with Crippen LogP contribution in [-0.4, -0.2) is 43.0 Å². The molecule has 90 valence electrons. The lowest BCUT2D eigenvalue weighted by Gasteiger charge is -2.21. The molecule has 0 aliphatic rings. The van der Waals surface area contributed by atoms with Crippen LogP contribution < -0.4 is 11.1 Å². The maximum absolute atomic E-state index is 11.1. The van der Waals surface area contributed by atoms with E-state index in [1.54, 1.807) is 0 Å². The smallest absolute Gasteiger partial charge is 0.234 e. The van der Waals surface area contributed by atoms with Crippen molar-refractivity contribution in [3.8, 4) is 0 Å². The number of nitrogens with two attached hydrogens (primary N) is 1. The van der Waals surface area contributed by atoms with Crippen LogP contribution in [0.4, 0.5) is 0 Å². The molecule has 1 unspecified atom stereocenters. The van der Waals surface area contributed by atoms with Gasteiger partial charge in [-0.05, 0) is 32.5 Å². The summed E-state index contributed by atoms with van der Waals surface area (Å²) in [6, 6.07) is -0.175. The van der Waals surface area contributed by atoms with E-state index in [9.17, 15) is 4.79 Å². The third-order valence-electron chi connectivity index (χ3n) is 2.61. The monoisotopic (exact) mass is 215 g/mol. The second-order valence-electron chi connectivity index (χ2n) is 3.72. The topological polar surface area (TPSA) is 58.4 Å². The van der Waals surface area contributed by atoms with Gasteiger partial charge in [-0.15, -0.1) is 0 Å². The van der Waals surface area contributed by atoms with Crippen molar-refractivity contribution in [2.75, 3.05) is 26.2 Å². The minimum Gasteiger partial charge on any atom is -0.368 e. The van der Waals surface area contributed by atoms with E-state index in [1.165, 1.54) is 0 Å². The molecule has 0 spiro atoms. The molecule has 0 radical (unpaired) electrons. The third-order valence-corrected chi connectivity index (χ3v) is 2.61.